The minimum atomic E-state index is -0.897. The quantitative estimate of drug-likeness (QED) is 0.733. The molecule has 4 rings (SSSR count). The van der Waals surface area contributed by atoms with Crippen LogP contribution in [0.5, 0.6) is 0 Å². The van der Waals surface area contributed by atoms with Crippen molar-refractivity contribution in [1.82, 2.24) is 20.1 Å². The summed E-state index contributed by atoms with van der Waals surface area (Å²) in [6.45, 7) is 2.25. The van der Waals surface area contributed by atoms with Crippen molar-refractivity contribution < 1.29 is 15.0 Å². The molecular weight excluding hydrogens is 322 g/mol. The number of aromatic amines is 1. The summed E-state index contributed by atoms with van der Waals surface area (Å²) in [5.41, 5.74) is 0.872. The molecule has 0 saturated carbocycles. The Hall–Kier alpha value is -2.19. The second-order valence-electron chi connectivity index (χ2n) is 6.89. The molecule has 2 aliphatic heterocycles. The maximum atomic E-state index is 12.6. The second kappa shape index (κ2) is 6.61. The highest BCUT2D eigenvalue weighted by molar-refractivity contribution is 6.04. The first-order valence-electron chi connectivity index (χ1n) is 8.89. The molecule has 0 radical (unpaired) electrons. The van der Waals surface area contributed by atoms with Gasteiger partial charge in [-0.05, 0) is 25.0 Å². The van der Waals surface area contributed by atoms with E-state index in [4.69, 9.17) is 0 Å². The van der Waals surface area contributed by atoms with Crippen LogP contribution in [0.4, 0.5) is 5.82 Å². The van der Waals surface area contributed by atoms with Crippen molar-refractivity contribution in [2.75, 3.05) is 31.1 Å². The minimum Gasteiger partial charge on any atom is -0.388 e. The van der Waals surface area contributed by atoms with E-state index in [2.05, 4.69) is 20.1 Å². The largest absolute Gasteiger partial charge is 0.388 e. The van der Waals surface area contributed by atoms with Crippen molar-refractivity contribution in [2.24, 2.45) is 0 Å². The van der Waals surface area contributed by atoms with Crippen LogP contribution in [0, 0.1) is 0 Å². The monoisotopic (exact) mass is 345 g/mol. The fraction of sp³-hybridized carbons (Fsp3) is 0.588. The Balaban J connectivity index is 1.58. The summed E-state index contributed by atoms with van der Waals surface area (Å²) in [5.74, 6) is 0.620. The van der Waals surface area contributed by atoms with Gasteiger partial charge in [0.2, 0.25) is 0 Å². The molecular formula is C17H23N5O3. The second-order valence-corrected chi connectivity index (χ2v) is 6.89. The third kappa shape index (κ3) is 3.07. The Kier molecular flexibility index (Phi) is 4.30. The number of carbonyl (C=O) groups excluding carboxylic acids is 1. The van der Waals surface area contributed by atoms with Crippen molar-refractivity contribution in [3.05, 3.63) is 17.8 Å². The number of aromatic nitrogens is 3. The average molecular weight is 345 g/mol. The number of fused-ring (bicyclic) bond motifs is 1. The summed E-state index contributed by atoms with van der Waals surface area (Å²) in [7, 11) is 0. The number of anilines is 1. The van der Waals surface area contributed by atoms with Crippen LogP contribution in [-0.2, 0) is 0 Å². The summed E-state index contributed by atoms with van der Waals surface area (Å²) in [4.78, 5) is 21.0. The molecule has 3 N–H and O–H groups in total. The van der Waals surface area contributed by atoms with E-state index in [9.17, 15) is 15.0 Å². The molecule has 2 fully saturated rings. The standard InChI is InChI=1S/C17H23N5O3/c23-12-9-22(10-13(12)24)17(25)15-11-5-6-14(18-16(11)20-19-15)21-7-3-1-2-4-8-21/h5-6,12-13,23-24H,1-4,7-10H2,(H,18,19,20)/t12-,13+. The summed E-state index contributed by atoms with van der Waals surface area (Å²) in [5, 5.41) is 26.9. The van der Waals surface area contributed by atoms with E-state index in [1.54, 1.807) is 0 Å². The van der Waals surface area contributed by atoms with E-state index in [0.717, 1.165) is 18.9 Å². The van der Waals surface area contributed by atoms with Gasteiger partial charge < -0.3 is 20.0 Å². The maximum Gasteiger partial charge on any atom is 0.272 e. The van der Waals surface area contributed by atoms with Crippen molar-refractivity contribution in [3.8, 4) is 0 Å². The molecule has 8 nitrogen and oxygen atoms in total. The van der Waals surface area contributed by atoms with Crippen LogP contribution < -0.4 is 4.90 Å². The highest BCUT2D eigenvalue weighted by atomic mass is 16.3. The summed E-state index contributed by atoms with van der Waals surface area (Å²) in [6.07, 6.45) is 3.06. The fourth-order valence-electron chi connectivity index (χ4n) is 3.62. The molecule has 0 spiro atoms. The SMILES string of the molecule is O=C(c1[nH]nc2nc(N3CCCCCC3)ccc12)N1C[C@@H](O)[C@@H](O)C1. The molecule has 25 heavy (non-hydrogen) atoms. The lowest BCUT2D eigenvalue weighted by atomic mass is 10.2. The third-order valence-electron chi connectivity index (χ3n) is 5.09. The number of rotatable bonds is 2. The van der Waals surface area contributed by atoms with Crippen LogP contribution in [0.3, 0.4) is 0 Å². The molecule has 2 atom stereocenters. The van der Waals surface area contributed by atoms with Crippen LogP contribution in [0.2, 0.25) is 0 Å². The number of H-pyrrole nitrogens is 1. The number of hydrogen-bond donors (Lipinski definition) is 3. The van der Waals surface area contributed by atoms with Crippen LogP contribution in [0.1, 0.15) is 36.2 Å². The Bertz CT molecular complexity index is 759. The number of aliphatic hydroxyl groups excluding tert-OH is 2. The van der Waals surface area contributed by atoms with Crippen molar-refractivity contribution >= 4 is 22.8 Å². The molecule has 0 aromatic carbocycles. The number of hydrogen-bond acceptors (Lipinski definition) is 6. The van der Waals surface area contributed by atoms with E-state index >= 15 is 0 Å². The molecule has 0 bridgehead atoms. The highest BCUT2D eigenvalue weighted by Gasteiger charge is 2.34. The number of pyridine rings is 1. The van der Waals surface area contributed by atoms with Gasteiger partial charge in [0.15, 0.2) is 5.65 Å². The van der Waals surface area contributed by atoms with Gasteiger partial charge in [0.05, 0.1) is 17.6 Å². The van der Waals surface area contributed by atoms with Gasteiger partial charge in [0, 0.05) is 26.2 Å². The summed E-state index contributed by atoms with van der Waals surface area (Å²) >= 11 is 0. The van der Waals surface area contributed by atoms with Crippen molar-refractivity contribution in [1.29, 1.82) is 0 Å². The van der Waals surface area contributed by atoms with Crippen LogP contribution in [-0.4, -0.2) is 74.6 Å². The Labute approximate surface area is 145 Å². The number of likely N-dealkylation sites (tertiary alicyclic amines) is 1. The normalized spacial score (nSPS) is 24.7. The molecule has 2 saturated heterocycles. The first-order chi connectivity index (χ1) is 12.1. The third-order valence-corrected chi connectivity index (χ3v) is 5.09. The van der Waals surface area contributed by atoms with E-state index in [1.807, 2.05) is 12.1 Å². The van der Waals surface area contributed by atoms with E-state index in [1.165, 1.54) is 30.6 Å². The average Bonchev–Trinajstić information content (AvgIpc) is 3.06. The van der Waals surface area contributed by atoms with Gasteiger partial charge in [0.1, 0.15) is 11.5 Å². The van der Waals surface area contributed by atoms with E-state index in [-0.39, 0.29) is 19.0 Å². The molecule has 134 valence electrons. The lowest BCUT2D eigenvalue weighted by Gasteiger charge is -2.21. The summed E-state index contributed by atoms with van der Waals surface area (Å²) < 4.78 is 0. The van der Waals surface area contributed by atoms with Gasteiger partial charge in [0.25, 0.3) is 5.91 Å². The Morgan fingerprint density at radius 1 is 1.08 bits per heavy atom. The number of aliphatic hydroxyl groups is 2. The van der Waals surface area contributed by atoms with Gasteiger partial charge in [-0.3, -0.25) is 9.89 Å². The fourth-order valence-corrected chi connectivity index (χ4v) is 3.62. The topological polar surface area (TPSA) is 106 Å². The molecule has 0 unspecified atom stereocenters. The number of nitrogens with one attached hydrogen (secondary N) is 1. The Morgan fingerprint density at radius 2 is 1.76 bits per heavy atom. The van der Waals surface area contributed by atoms with Gasteiger partial charge in [-0.2, -0.15) is 5.10 Å². The zero-order valence-corrected chi connectivity index (χ0v) is 14.1. The first-order valence-corrected chi connectivity index (χ1v) is 8.89. The smallest absolute Gasteiger partial charge is 0.272 e. The lowest BCUT2D eigenvalue weighted by molar-refractivity contribution is 0.0572. The highest BCUT2D eigenvalue weighted by Crippen LogP contribution is 2.23. The van der Waals surface area contributed by atoms with Crippen molar-refractivity contribution in [3.63, 3.8) is 0 Å². The number of β-amino-alcohol motifs (C(OH)–C–C–N with tert-alkyl or cyclic N) is 2. The van der Waals surface area contributed by atoms with Gasteiger partial charge in [-0.15, -0.1) is 0 Å². The summed E-state index contributed by atoms with van der Waals surface area (Å²) in [6, 6.07) is 3.82. The number of nitrogens with zero attached hydrogens (tertiary/aromatic N) is 4. The number of carbonyl (C=O) groups is 1. The molecule has 2 aromatic heterocycles. The Morgan fingerprint density at radius 3 is 2.44 bits per heavy atom. The predicted molar refractivity (Wildman–Crippen MR) is 92.5 cm³/mol. The molecule has 1 amide bonds. The predicted octanol–water partition coefficient (Wildman–Crippen LogP) is 0.516. The number of amides is 1. The van der Waals surface area contributed by atoms with E-state index in [0.29, 0.717) is 16.7 Å². The lowest BCUT2D eigenvalue weighted by Crippen LogP contribution is -2.30. The van der Waals surface area contributed by atoms with Gasteiger partial charge in [-0.1, -0.05) is 12.8 Å². The minimum absolute atomic E-state index is 0.125. The van der Waals surface area contributed by atoms with Crippen molar-refractivity contribution in [2.45, 2.75) is 37.9 Å². The van der Waals surface area contributed by atoms with Crippen LogP contribution in [0.15, 0.2) is 12.1 Å². The molecule has 8 heteroatoms. The zero-order chi connectivity index (χ0) is 17.4. The molecule has 4 heterocycles. The van der Waals surface area contributed by atoms with Crippen LogP contribution >= 0.6 is 0 Å². The molecule has 2 aromatic rings. The maximum absolute atomic E-state index is 12.6. The molecule has 0 aliphatic carbocycles. The van der Waals surface area contributed by atoms with E-state index < -0.39 is 12.2 Å². The van der Waals surface area contributed by atoms with Gasteiger partial charge >= 0.3 is 0 Å². The molecule has 2 aliphatic rings. The van der Waals surface area contributed by atoms with Gasteiger partial charge in [-0.25, -0.2) is 4.98 Å². The first kappa shape index (κ1) is 16.3. The van der Waals surface area contributed by atoms with Crippen LogP contribution in [0.25, 0.3) is 11.0 Å². The zero-order valence-electron chi connectivity index (χ0n) is 14.1.